The molecule has 1 N–H and O–H groups in total. The van der Waals surface area contributed by atoms with Gasteiger partial charge in [-0.1, -0.05) is 19.1 Å². The van der Waals surface area contributed by atoms with E-state index < -0.39 is 0 Å². The Bertz CT molecular complexity index is 503. The molecule has 2 nitrogen and oxygen atoms in total. The fourth-order valence-corrected chi connectivity index (χ4v) is 2.70. The summed E-state index contributed by atoms with van der Waals surface area (Å²) in [6.45, 7) is 7.17. The number of nitrogens with one attached hydrogen (secondary N) is 1. The number of thiazole rings is 1. The lowest BCUT2D eigenvalue weighted by Gasteiger charge is -2.06. The van der Waals surface area contributed by atoms with Crippen LogP contribution in [0.2, 0.25) is 0 Å². The Labute approximate surface area is 107 Å². The number of rotatable bonds is 4. The van der Waals surface area contributed by atoms with E-state index in [9.17, 15) is 0 Å². The minimum absolute atomic E-state index is 0.866. The van der Waals surface area contributed by atoms with Crippen molar-refractivity contribution in [2.45, 2.75) is 33.7 Å². The minimum Gasteiger partial charge on any atom is -0.380 e. The number of nitrogens with zero attached hydrogens (tertiary/aromatic N) is 1. The van der Waals surface area contributed by atoms with Crippen LogP contribution in [0.3, 0.4) is 0 Å². The maximum Gasteiger partial charge on any atom is 0.0900 e. The van der Waals surface area contributed by atoms with Crippen molar-refractivity contribution in [3.8, 4) is 0 Å². The summed E-state index contributed by atoms with van der Waals surface area (Å²) in [6, 6.07) is 8.59. The average molecular weight is 246 g/mol. The second-order valence-electron chi connectivity index (χ2n) is 4.15. The highest BCUT2D eigenvalue weighted by Gasteiger charge is 2.04. The maximum absolute atomic E-state index is 4.44. The van der Waals surface area contributed by atoms with Crippen LogP contribution in [0.5, 0.6) is 0 Å². The molecule has 0 aliphatic rings. The van der Waals surface area contributed by atoms with Gasteiger partial charge in [-0.3, -0.25) is 0 Å². The molecule has 1 heterocycles. The Morgan fingerprint density at radius 1 is 1.29 bits per heavy atom. The highest BCUT2D eigenvalue weighted by atomic mass is 32.1. The number of aromatic nitrogens is 1. The molecular formula is C14H18N2S. The SMILES string of the molecule is CCc1cccc(NCc2sc(C)nc2C)c1. The third-order valence-electron chi connectivity index (χ3n) is 2.79. The van der Waals surface area contributed by atoms with Gasteiger partial charge in [-0.15, -0.1) is 11.3 Å². The Hall–Kier alpha value is -1.35. The molecule has 0 unspecified atom stereocenters. The summed E-state index contributed by atoms with van der Waals surface area (Å²) in [4.78, 5) is 5.76. The summed E-state index contributed by atoms with van der Waals surface area (Å²) in [6.07, 6.45) is 1.08. The normalized spacial score (nSPS) is 10.5. The first-order valence-electron chi connectivity index (χ1n) is 5.94. The van der Waals surface area contributed by atoms with Crippen molar-refractivity contribution in [3.63, 3.8) is 0 Å². The molecule has 3 heteroatoms. The average Bonchev–Trinajstić information content (AvgIpc) is 2.65. The van der Waals surface area contributed by atoms with E-state index in [0.29, 0.717) is 0 Å². The lowest BCUT2D eigenvalue weighted by Crippen LogP contribution is -1.99. The Morgan fingerprint density at radius 2 is 2.12 bits per heavy atom. The van der Waals surface area contributed by atoms with Gasteiger partial charge in [0.25, 0.3) is 0 Å². The molecule has 90 valence electrons. The first kappa shape index (κ1) is 12.1. The number of benzene rings is 1. The largest absolute Gasteiger partial charge is 0.380 e. The Kier molecular flexibility index (Phi) is 3.79. The second kappa shape index (κ2) is 5.32. The van der Waals surface area contributed by atoms with Crippen LogP contribution >= 0.6 is 11.3 Å². The monoisotopic (exact) mass is 246 g/mol. The van der Waals surface area contributed by atoms with Crippen molar-refractivity contribution < 1.29 is 0 Å². The molecule has 0 saturated heterocycles. The first-order chi connectivity index (χ1) is 8.19. The van der Waals surface area contributed by atoms with Gasteiger partial charge in [-0.25, -0.2) is 4.98 Å². The maximum atomic E-state index is 4.44. The van der Waals surface area contributed by atoms with Crippen LogP contribution < -0.4 is 5.32 Å². The van der Waals surface area contributed by atoms with Gasteiger partial charge in [-0.2, -0.15) is 0 Å². The van der Waals surface area contributed by atoms with Crippen LogP contribution in [0.15, 0.2) is 24.3 Å². The highest BCUT2D eigenvalue weighted by Crippen LogP contribution is 2.19. The van der Waals surface area contributed by atoms with E-state index in [1.807, 2.05) is 0 Å². The van der Waals surface area contributed by atoms with Crippen molar-refractivity contribution in [2.75, 3.05) is 5.32 Å². The van der Waals surface area contributed by atoms with Crippen LogP contribution in [0, 0.1) is 13.8 Å². The predicted octanol–water partition coefficient (Wildman–Crippen LogP) is 3.93. The third kappa shape index (κ3) is 3.07. The standard InChI is InChI=1S/C14H18N2S/c1-4-12-6-5-7-13(8-12)15-9-14-10(2)16-11(3)17-14/h5-8,15H,4,9H2,1-3H3. The Morgan fingerprint density at radius 3 is 2.76 bits per heavy atom. The van der Waals surface area contributed by atoms with Crippen LogP contribution in [-0.2, 0) is 13.0 Å². The van der Waals surface area contributed by atoms with E-state index in [4.69, 9.17) is 0 Å². The van der Waals surface area contributed by atoms with Gasteiger partial charge in [0.1, 0.15) is 0 Å². The van der Waals surface area contributed by atoms with Gasteiger partial charge < -0.3 is 5.32 Å². The number of anilines is 1. The molecule has 0 spiro atoms. The fraction of sp³-hybridized carbons (Fsp3) is 0.357. The van der Waals surface area contributed by atoms with Gasteiger partial charge in [0.05, 0.1) is 17.2 Å². The smallest absolute Gasteiger partial charge is 0.0900 e. The molecule has 1 aromatic carbocycles. The summed E-state index contributed by atoms with van der Waals surface area (Å²) in [5, 5.41) is 4.60. The molecular weight excluding hydrogens is 228 g/mol. The van der Waals surface area contributed by atoms with Gasteiger partial charge in [0.2, 0.25) is 0 Å². The summed E-state index contributed by atoms with van der Waals surface area (Å²) in [7, 11) is 0. The number of hydrogen-bond donors (Lipinski definition) is 1. The van der Waals surface area contributed by atoms with E-state index in [-0.39, 0.29) is 0 Å². The van der Waals surface area contributed by atoms with Crippen LogP contribution in [-0.4, -0.2) is 4.98 Å². The zero-order chi connectivity index (χ0) is 12.3. The summed E-state index contributed by atoms with van der Waals surface area (Å²) < 4.78 is 0. The van der Waals surface area contributed by atoms with Gasteiger partial charge in [0, 0.05) is 10.6 Å². The topological polar surface area (TPSA) is 24.9 Å². The molecule has 0 atom stereocenters. The van der Waals surface area contributed by atoms with Crippen LogP contribution in [0.25, 0.3) is 0 Å². The van der Waals surface area contributed by atoms with Crippen molar-refractivity contribution in [1.82, 2.24) is 4.98 Å². The molecule has 0 fully saturated rings. The molecule has 0 radical (unpaired) electrons. The van der Waals surface area contributed by atoms with Crippen molar-refractivity contribution in [1.29, 1.82) is 0 Å². The second-order valence-corrected chi connectivity index (χ2v) is 5.44. The van der Waals surface area contributed by atoms with Crippen molar-refractivity contribution >= 4 is 17.0 Å². The third-order valence-corrected chi connectivity index (χ3v) is 3.86. The molecule has 17 heavy (non-hydrogen) atoms. The molecule has 0 amide bonds. The van der Waals surface area contributed by atoms with E-state index in [0.717, 1.165) is 23.7 Å². The molecule has 1 aromatic heterocycles. The minimum atomic E-state index is 0.866. The zero-order valence-electron chi connectivity index (χ0n) is 10.6. The molecule has 0 saturated carbocycles. The van der Waals surface area contributed by atoms with Gasteiger partial charge in [-0.05, 0) is 38.0 Å². The van der Waals surface area contributed by atoms with Crippen LogP contribution in [0.4, 0.5) is 5.69 Å². The highest BCUT2D eigenvalue weighted by molar-refractivity contribution is 7.11. The summed E-state index contributed by atoms with van der Waals surface area (Å²) in [5.74, 6) is 0. The molecule has 0 aliphatic heterocycles. The lowest BCUT2D eigenvalue weighted by atomic mass is 10.1. The van der Waals surface area contributed by atoms with Crippen molar-refractivity contribution in [3.05, 3.63) is 45.4 Å². The Balaban J connectivity index is 2.04. The molecule has 0 aliphatic carbocycles. The van der Waals surface area contributed by atoms with E-state index in [1.54, 1.807) is 11.3 Å². The summed E-state index contributed by atoms with van der Waals surface area (Å²) >= 11 is 1.77. The lowest BCUT2D eigenvalue weighted by molar-refractivity contribution is 1.10. The summed E-state index contributed by atoms with van der Waals surface area (Å²) in [5.41, 5.74) is 3.70. The van der Waals surface area contributed by atoms with Gasteiger partial charge in [0.15, 0.2) is 0 Å². The van der Waals surface area contributed by atoms with Crippen molar-refractivity contribution in [2.24, 2.45) is 0 Å². The molecule has 0 bridgehead atoms. The van der Waals surface area contributed by atoms with Gasteiger partial charge >= 0.3 is 0 Å². The quantitative estimate of drug-likeness (QED) is 0.884. The van der Waals surface area contributed by atoms with E-state index >= 15 is 0 Å². The van der Waals surface area contributed by atoms with E-state index in [2.05, 4.69) is 55.3 Å². The fourth-order valence-electron chi connectivity index (χ4n) is 1.82. The predicted molar refractivity (Wildman–Crippen MR) is 74.7 cm³/mol. The zero-order valence-corrected chi connectivity index (χ0v) is 11.4. The first-order valence-corrected chi connectivity index (χ1v) is 6.76. The molecule has 2 rings (SSSR count). The molecule has 2 aromatic rings. The van der Waals surface area contributed by atoms with E-state index in [1.165, 1.54) is 16.1 Å². The number of hydrogen-bond acceptors (Lipinski definition) is 3. The number of aryl methyl sites for hydroxylation is 3. The van der Waals surface area contributed by atoms with Crippen LogP contribution in [0.1, 0.15) is 28.1 Å².